The van der Waals surface area contributed by atoms with Crippen molar-refractivity contribution >= 4 is 23.2 Å². The van der Waals surface area contributed by atoms with Gasteiger partial charge in [-0.15, -0.1) is 0 Å². The quantitative estimate of drug-likeness (QED) is 0.776. The number of alkyl halides is 3. The molecule has 0 N–H and O–H groups in total. The van der Waals surface area contributed by atoms with Crippen molar-refractivity contribution in [3.05, 3.63) is 41.1 Å². The predicted molar refractivity (Wildman–Crippen MR) is 84.2 cm³/mol. The van der Waals surface area contributed by atoms with Crippen LogP contribution in [0.1, 0.15) is 35.0 Å². The third-order valence-corrected chi connectivity index (χ3v) is 4.76. The van der Waals surface area contributed by atoms with Crippen LogP contribution in [0, 0.1) is 12.3 Å². The first-order valence-electron chi connectivity index (χ1n) is 7.76. The van der Waals surface area contributed by atoms with Gasteiger partial charge in [0.1, 0.15) is 5.84 Å². The van der Waals surface area contributed by atoms with Gasteiger partial charge in [0.15, 0.2) is 5.78 Å². The lowest BCUT2D eigenvalue weighted by atomic mass is 9.78. The number of amidine groups is 1. The summed E-state index contributed by atoms with van der Waals surface area (Å²) in [6.07, 6.45) is -4.06. The van der Waals surface area contributed by atoms with Crippen molar-refractivity contribution in [3.8, 4) is 0 Å². The molecular weight excluding hydrogens is 335 g/mol. The summed E-state index contributed by atoms with van der Waals surface area (Å²) < 4.78 is 44.1. The van der Waals surface area contributed by atoms with Crippen molar-refractivity contribution in [3.63, 3.8) is 0 Å². The molecule has 2 aliphatic heterocycles. The Bertz CT molecular complexity index is 916. The second kappa shape index (κ2) is 4.93. The third-order valence-electron chi connectivity index (χ3n) is 4.76. The molecule has 130 valence electrons. The molecule has 4 rings (SSSR count). The lowest BCUT2D eigenvalue weighted by molar-refractivity contribution is -0.137. The van der Waals surface area contributed by atoms with E-state index in [1.54, 1.807) is 24.8 Å². The average Bonchev–Trinajstić information content (AvgIpc) is 3.11. The Labute approximate surface area is 141 Å². The molecule has 3 heterocycles. The lowest BCUT2D eigenvalue weighted by Crippen LogP contribution is -2.40. The van der Waals surface area contributed by atoms with Crippen molar-refractivity contribution in [1.82, 2.24) is 5.16 Å². The molecule has 1 saturated heterocycles. The van der Waals surface area contributed by atoms with Crippen LogP contribution in [0.4, 0.5) is 24.7 Å². The molecule has 1 fully saturated rings. The molecule has 0 unspecified atom stereocenters. The lowest BCUT2D eigenvalue weighted by Gasteiger charge is -2.30. The number of hydrogen-bond acceptors (Lipinski definition) is 5. The van der Waals surface area contributed by atoms with E-state index in [4.69, 9.17) is 4.52 Å². The maximum absolute atomic E-state index is 13.0. The number of nitrogens with zero attached hydrogens (tertiary/aromatic N) is 3. The standard InChI is InChI=1S/C17H14F3N3O2/c1-9-7-13(25-22-9)23-6-5-16(2)14(24)11-8-10(17(18,19)20)3-4-12(11)21-15(16)23/h3-4,7-8H,5-6H2,1-2H3/t16-/m0/s1. The minimum atomic E-state index is -4.50. The molecule has 0 aliphatic carbocycles. The molecule has 0 spiro atoms. The normalized spacial score (nSPS) is 22.7. The molecule has 0 saturated carbocycles. The van der Waals surface area contributed by atoms with Gasteiger partial charge >= 0.3 is 6.18 Å². The zero-order chi connectivity index (χ0) is 18.0. The van der Waals surface area contributed by atoms with Gasteiger partial charge in [0, 0.05) is 18.2 Å². The molecule has 8 heteroatoms. The Morgan fingerprint density at radius 1 is 1.28 bits per heavy atom. The van der Waals surface area contributed by atoms with E-state index < -0.39 is 17.2 Å². The maximum atomic E-state index is 13.0. The number of carbonyl (C=O) groups is 1. The number of aromatic nitrogens is 1. The molecular formula is C17H14F3N3O2. The summed E-state index contributed by atoms with van der Waals surface area (Å²) in [7, 11) is 0. The highest BCUT2D eigenvalue weighted by Crippen LogP contribution is 2.45. The van der Waals surface area contributed by atoms with Gasteiger partial charge in [0.25, 0.3) is 0 Å². The van der Waals surface area contributed by atoms with Crippen LogP contribution in [-0.4, -0.2) is 23.3 Å². The SMILES string of the molecule is Cc1cc(N2CC[C@@]3(C)C(=O)c4cc(C(F)(F)F)ccc4N=C23)on1. The number of benzene rings is 1. The molecule has 0 radical (unpaired) electrons. The number of hydrogen-bond donors (Lipinski definition) is 0. The van der Waals surface area contributed by atoms with Gasteiger partial charge in [-0.1, -0.05) is 5.16 Å². The van der Waals surface area contributed by atoms with Crippen molar-refractivity contribution in [1.29, 1.82) is 0 Å². The molecule has 1 atom stereocenters. The van der Waals surface area contributed by atoms with Crippen molar-refractivity contribution < 1.29 is 22.5 Å². The van der Waals surface area contributed by atoms with Crippen molar-refractivity contribution in [2.75, 3.05) is 11.4 Å². The third kappa shape index (κ3) is 2.27. The summed E-state index contributed by atoms with van der Waals surface area (Å²) >= 11 is 0. The molecule has 1 aromatic carbocycles. The Hall–Kier alpha value is -2.64. The second-order valence-corrected chi connectivity index (χ2v) is 6.53. The van der Waals surface area contributed by atoms with Gasteiger partial charge < -0.3 is 4.52 Å². The van der Waals surface area contributed by atoms with E-state index in [2.05, 4.69) is 10.1 Å². The van der Waals surface area contributed by atoms with Crippen LogP contribution in [0.3, 0.4) is 0 Å². The van der Waals surface area contributed by atoms with E-state index in [0.29, 0.717) is 30.4 Å². The first-order valence-corrected chi connectivity index (χ1v) is 7.76. The van der Waals surface area contributed by atoms with Crippen LogP contribution in [-0.2, 0) is 6.18 Å². The fraction of sp³-hybridized carbons (Fsp3) is 0.353. The van der Waals surface area contributed by atoms with Gasteiger partial charge in [0.05, 0.1) is 22.4 Å². The number of Topliss-reactive ketones (excluding diaryl/α,β-unsaturated/α-hetero) is 1. The van der Waals surface area contributed by atoms with Crippen LogP contribution in [0.2, 0.25) is 0 Å². The fourth-order valence-electron chi connectivity index (χ4n) is 3.34. The molecule has 0 amide bonds. The van der Waals surface area contributed by atoms with Crippen LogP contribution in [0.15, 0.2) is 33.8 Å². The highest BCUT2D eigenvalue weighted by atomic mass is 19.4. The number of rotatable bonds is 1. The highest BCUT2D eigenvalue weighted by molar-refractivity contribution is 6.25. The Morgan fingerprint density at radius 3 is 2.68 bits per heavy atom. The zero-order valence-corrected chi connectivity index (χ0v) is 13.5. The van der Waals surface area contributed by atoms with Crippen LogP contribution in [0.5, 0.6) is 0 Å². The average molecular weight is 349 g/mol. The van der Waals surface area contributed by atoms with Crippen molar-refractivity contribution in [2.24, 2.45) is 10.4 Å². The van der Waals surface area contributed by atoms with E-state index in [1.807, 2.05) is 0 Å². The number of ketones is 1. The summed E-state index contributed by atoms with van der Waals surface area (Å²) in [5.41, 5.74) is -0.868. The van der Waals surface area contributed by atoms with Gasteiger partial charge in [0.2, 0.25) is 5.88 Å². The smallest absolute Gasteiger partial charge is 0.338 e. The van der Waals surface area contributed by atoms with E-state index in [-0.39, 0.29) is 17.0 Å². The summed E-state index contributed by atoms with van der Waals surface area (Å²) in [4.78, 5) is 19.2. The van der Waals surface area contributed by atoms with Gasteiger partial charge in [-0.05, 0) is 38.5 Å². The van der Waals surface area contributed by atoms with Crippen molar-refractivity contribution in [2.45, 2.75) is 26.4 Å². The predicted octanol–water partition coefficient (Wildman–Crippen LogP) is 4.14. The number of aryl methyl sites for hydroxylation is 1. The second-order valence-electron chi connectivity index (χ2n) is 6.53. The Morgan fingerprint density at radius 2 is 2.04 bits per heavy atom. The largest absolute Gasteiger partial charge is 0.416 e. The minimum absolute atomic E-state index is 0.0108. The van der Waals surface area contributed by atoms with Gasteiger partial charge in [-0.3, -0.25) is 9.69 Å². The maximum Gasteiger partial charge on any atom is 0.416 e. The van der Waals surface area contributed by atoms with E-state index in [1.165, 1.54) is 6.07 Å². The fourth-order valence-corrected chi connectivity index (χ4v) is 3.34. The summed E-state index contributed by atoms with van der Waals surface area (Å²) in [6.45, 7) is 3.97. The van der Waals surface area contributed by atoms with Crippen LogP contribution in [0.25, 0.3) is 0 Å². The molecule has 0 bridgehead atoms. The van der Waals surface area contributed by atoms with Gasteiger partial charge in [-0.2, -0.15) is 13.2 Å². The van der Waals surface area contributed by atoms with E-state index >= 15 is 0 Å². The summed E-state index contributed by atoms with van der Waals surface area (Å²) in [6, 6.07) is 4.81. The Balaban J connectivity index is 1.84. The number of carbonyl (C=O) groups excluding carboxylic acids is 1. The topological polar surface area (TPSA) is 58.7 Å². The van der Waals surface area contributed by atoms with Crippen LogP contribution < -0.4 is 4.90 Å². The monoisotopic (exact) mass is 349 g/mol. The summed E-state index contributed by atoms with van der Waals surface area (Å²) in [5, 5.41) is 3.84. The number of anilines is 1. The Kier molecular flexibility index (Phi) is 3.13. The molecule has 5 nitrogen and oxygen atoms in total. The molecule has 2 aromatic rings. The van der Waals surface area contributed by atoms with E-state index in [9.17, 15) is 18.0 Å². The first-order chi connectivity index (χ1) is 11.7. The van der Waals surface area contributed by atoms with Crippen LogP contribution >= 0.6 is 0 Å². The number of aliphatic imine (C=N–C) groups is 1. The minimum Gasteiger partial charge on any atom is -0.338 e. The van der Waals surface area contributed by atoms with E-state index in [0.717, 1.165) is 12.1 Å². The molecule has 2 aliphatic rings. The number of halogens is 3. The summed E-state index contributed by atoms with van der Waals surface area (Å²) in [5.74, 6) is 0.612. The first kappa shape index (κ1) is 15.9. The molecule has 1 aromatic heterocycles. The highest BCUT2D eigenvalue weighted by Gasteiger charge is 2.51. The number of fused-ring (bicyclic) bond motifs is 2. The molecule has 25 heavy (non-hydrogen) atoms. The van der Waals surface area contributed by atoms with Gasteiger partial charge in [-0.25, -0.2) is 4.99 Å². The zero-order valence-electron chi connectivity index (χ0n) is 13.5.